The molecule has 0 heterocycles. The third-order valence-electron chi connectivity index (χ3n) is 3.45. The highest BCUT2D eigenvalue weighted by molar-refractivity contribution is 5.37. The van der Waals surface area contributed by atoms with Gasteiger partial charge in [0.1, 0.15) is 12.4 Å². The van der Waals surface area contributed by atoms with Crippen molar-refractivity contribution in [2.45, 2.75) is 32.4 Å². The van der Waals surface area contributed by atoms with Gasteiger partial charge in [-0.25, -0.2) is 0 Å². The zero-order chi connectivity index (χ0) is 15.1. The van der Waals surface area contributed by atoms with Crippen LogP contribution in [0.1, 0.15) is 30.0 Å². The summed E-state index contributed by atoms with van der Waals surface area (Å²) in [6.07, 6.45) is 1.81. The molecule has 0 bridgehead atoms. The summed E-state index contributed by atoms with van der Waals surface area (Å²) in [6.45, 7) is 2.48. The van der Waals surface area contributed by atoms with Crippen LogP contribution in [-0.2, 0) is 13.0 Å². The molecule has 1 atom stereocenters. The second-order valence-electron chi connectivity index (χ2n) is 5.08. The Kier molecular flexibility index (Phi) is 5.36. The topological polar surface area (TPSA) is 59.0 Å². The van der Waals surface area contributed by atoms with E-state index in [-0.39, 0.29) is 6.04 Å². The number of hydrogen-bond donors (Lipinski definition) is 1. The van der Waals surface area contributed by atoms with E-state index in [1.54, 1.807) is 6.07 Å². The van der Waals surface area contributed by atoms with Gasteiger partial charge in [-0.3, -0.25) is 0 Å². The van der Waals surface area contributed by atoms with Crippen molar-refractivity contribution in [1.82, 2.24) is 0 Å². The van der Waals surface area contributed by atoms with Gasteiger partial charge in [-0.15, -0.1) is 0 Å². The summed E-state index contributed by atoms with van der Waals surface area (Å²) in [5.41, 5.74) is 8.71. The second kappa shape index (κ2) is 7.47. The van der Waals surface area contributed by atoms with Gasteiger partial charge in [0.25, 0.3) is 0 Å². The molecular weight excluding hydrogens is 260 g/mol. The van der Waals surface area contributed by atoms with E-state index in [2.05, 4.69) is 19.1 Å². The van der Waals surface area contributed by atoms with Crippen LogP contribution in [0.5, 0.6) is 5.75 Å². The first-order chi connectivity index (χ1) is 10.2. The maximum absolute atomic E-state index is 9.07. The van der Waals surface area contributed by atoms with Crippen LogP contribution in [0, 0.1) is 11.3 Å². The lowest BCUT2D eigenvalue weighted by Gasteiger charge is -2.11. The lowest BCUT2D eigenvalue weighted by atomic mass is 10.0. The lowest BCUT2D eigenvalue weighted by molar-refractivity contribution is 0.305. The quantitative estimate of drug-likeness (QED) is 0.882. The van der Waals surface area contributed by atoms with Crippen LogP contribution in [0.4, 0.5) is 0 Å². The van der Waals surface area contributed by atoms with Crippen molar-refractivity contribution in [3.8, 4) is 11.8 Å². The summed E-state index contributed by atoms with van der Waals surface area (Å²) >= 11 is 0. The minimum absolute atomic E-state index is 0.180. The van der Waals surface area contributed by atoms with Gasteiger partial charge in [0.2, 0.25) is 0 Å². The standard InChI is InChI=1S/C18H20N2O/c1-2-17(20)10-14-6-5-9-18(11-14)21-13-16-8-4-3-7-15(16)12-19/h3-9,11,17H,2,10,13,20H2,1H3. The molecule has 0 saturated heterocycles. The Morgan fingerprint density at radius 1 is 1.19 bits per heavy atom. The first kappa shape index (κ1) is 15.1. The SMILES string of the molecule is CCC(N)Cc1cccc(OCc2ccccc2C#N)c1. The van der Waals surface area contributed by atoms with Crippen molar-refractivity contribution in [1.29, 1.82) is 5.26 Å². The first-order valence-electron chi connectivity index (χ1n) is 7.18. The highest BCUT2D eigenvalue weighted by Crippen LogP contribution is 2.17. The minimum atomic E-state index is 0.180. The van der Waals surface area contributed by atoms with E-state index in [9.17, 15) is 0 Å². The predicted octanol–water partition coefficient (Wildman–Crippen LogP) is 3.42. The van der Waals surface area contributed by atoms with Crippen molar-refractivity contribution in [2.24, 2.45) is 5.73 Å². The van der Waals surface area contributed by atoms with Gasteiger partial charge >= 0.3 is 0 Å². The smallest absolute Gasteiger partial charge is 0.120 e. The molecule has 3 heteroatoms. The Labute approximate surface area is 126 Å². The number of nitrogens with two attached hydrogens (primary N) is 1. The van der Waals surface area contributed by atoms with Crippen LogP contribution < -0.4 is 10.5 Å². The Morgan fingerprint density at radius 2 is 2.00 bits per heavy atom. The molecule has 0 aliphatic heterocycles. The van der Waals surface area contributed by atoms with Crippen LogP contribution in [0.3, 0.4) is 0 Å². The van der Waals surface area contributed by atoms with E-state index in [1.165, 1.54) is 5.56 Å². The van der Waals surface area contributed by atoms with E-state index >= 15 is 0 Å². The zero-order valence-electron chi connectivity index (χ0n) is 12.3. The number of hydrogen-bond acceptors (Lipinski definition) is 3. The van der Waals surface area contributed by atoms with Gasteiger partial charge in [0.05, 0.1) is 11.6 Å². The number of benzene rings is 2. The van der Waals surface area contributed by atoms with Gasteiger partial charge in [-0.05, 0) is 36.6 Å². The number of ether oxygens (including phenoxy) is 1. The van der Waals surface area contributed by atoms with E-state index in [1.807, 2.05) is 36.4 Å². The van der Waals surface area contributed by atoms with Crippen LogP contribution in [0.2, 0.25) is 0 Å². The fourth-order valence-electron chi connectivity index (χ4n) is 2.13. The van der Waals surface area contributed by atoms with Gasteiger partial charge in [0.15, 0.2) is 0 Å². The van der Waals surface area contributed by atoms with Crippen molar-refractivity contribution in [2.75, 3.05) is 0 Å². The van der Waals surface area contributed by atoms with Crippen molar-refractivity contribution in [3.63, 3.8) is 0 Å². The number of nitrogens with zero attached hydrogens (tertiary/aromatic N) is 1. The minimum Gasteiger partial charge on any atom is -0.489 e. The number of nitriles is 1. The highest BCUT2D eigenvalue weighted by Gasteiger charge is 2.05. The Balaban J connectivity index is 2.03. The normalized spacial score (nSPS) is 11.7. The summed E-state index contributed by atoms with van der Waals surface area (Å²) in [5.74, 6) is 0.809. The maximum Gasteiger partial charge on any atom is 0.120 e. The zero-order valence-corrected chi connectivity index (χ0v) is 12.3. The van der Waals surface area contributed by atoms with Crippen LogP contribution >= 0.6 is 0 Å². The molecule has 108 valence electrons. The molecule has 0 amide bonds. The Bertz CT molecular complexity index is 631. The molecule has 1 unspecified atom stereocenters. The molecule has 21 heavy (non-hydrogen) atoms. The largest absolute Gasteiger partial charge is 0.489 e. The monoisotopic (exact) mass is 280 g/mol. The third kappa shape index (κ3) is 4.34. The molecule has 0 saturated carbocycles. The third-order valence-corrected chi connectivity index (χ3v) is 3.45. The summed E-state index contributed by atoms with van der Waals surface area (Å²) in [4.78, 5) is 0. The van der Waals surface area contributed by atoms with Gasteiger partial charge in [-0.2, -0.15) is 5.26 Å². The Morgan fingerprint density at radius 3 is 2.76 bits per heavy atom. The maximum atomic E-state index is 9.07. The fourth-order valence-corrected chi connectivity index (χ4v) is 2.13. The molecule has 3 nitrogen and oxygen atoms in total. The molecule has 0 aromatic heterocycles. The summed E-state index contributed by atoms with van der Waals surface area (Å²) in [5, 5.41) is 9.07. The van der Waals surface area contributed by atoms with E-state index in [0.717, 1.165) is 24.2 Å². The first-order valence-corrected chi connectivity index (χ1v) is 7.18. The predicted molar refractivity (Wildman–Crippen MR) is 83.9 cm³/mol. The molecule has 2 aromatic carbocycles. The fraction of sp³-hybridized carbons (Fsp3) is 0.278. The van der Waals surface area contributed by atoms with E-state index < -0.39 is 0 Å². The summed E-state index contributed by atoms with van der Waals surface area (Å²) < 4.78 is 5.80. The van der Waals surface area contributed by atoms with Crippen LogP contribution in [0.15, 0.2) is 48.5 Å². The summed E-state index contributed by atoms with van der Waals surface area (Å²) in [7, 11) is 0. The average molecular weight is 280 g/mol. The van der Waals surface area contributed by atoms with Crippen LogP contribution in [0.25, 0.3) is 0 Å². The molecular formula is C18H20N2O. The average Bonchev–Trinajstić information content (AvgIpc) is 2.53. The molecule has 0 aliphatic rings. The second-order valence-corrected chi connectivity index (χ2v) is 5.08. The van der Waals surface area contributed by atoms with Crippen molar-refractivity contribution >= 4 is 0 Å². The molecule has 0 fully saturated rings. The number of rotatable bonds is 6. The molecule has 2 aromatic rings. The van der Waals surface area contributed by atoms with Gasteiger partial charge < -0.3 is 10.5 Å². The molecule has 2 rings (SSSR count). The molecule has 0 radical (unpaired) electrons. The molecule has 0 aliphatic carbocycles. The van der Waals surface area contributed by atoms with Gasteiger partial charge in [-0.1, -0.05) is 37.3 Å². The lowest BCUT2D eigenvalue weighted by Crippen LogP contribution is -2.21. The van der Waals surface area contributed by atoms with Crippen LogP contribution in [-0.4, -0.2) is 6.04 Å². The molecule has 0 spiro atoms. The van der Waals surface area contributed by atoms with Gasteiger partial charge in [0, 0.05) is 11.6 Å². The highest BCUT2D eigenvalue weighted by atomic mass is 16.5. The summed E-state index contributed by atoms with van der Waals surface area (Å²) in [6, 6.07) is 17.8. The van der Waals surface area contributed by atoms with E-state index in [4.69, 9.17) is 15.7 Å². The van der Waals surface area contributed by atoms with Crippen molar-refractivity contribution < 1.29 is 4.74 Å². The Hall–Kier alpha value is -2.31. The molecule has 2 N–H and O–H groups in total. The van der Waals surface area contributed by atoms with Crippen molar-refractivity contribution in [3.05, 3.63) is 65.2 Å². The van der Waals surface area contributed by atoms with E-state index in [0.29, 0.717) is 12.2 Å².